The van der Waals surface area contributed by atoms with Crippen molar-refractivity contribution in [2.45, 2.75) is 12.8 Å². The first-order valence-electron chi connectivity index (χ1n) is 8.02. The fourth-order valence-electron chi connectivity index (χ4n) is 2.65. The molecule has 0 saturated carbocycles. The van der Waals surface area contributed by atoms with Gasteiger partial charge in [-0.3, -0.25) is 4.79 Å². The lowest BCUT2D eigenvalue weighted by atomic mass is 10.0. The van der Waals surface area contributed by atoms with Crippen molar-refractivity contribution < 1.29 is 4.79 Å². The Balaban J connectivity index is 1.69. The van der Waals surface area contributed by atoms with Gasteiger partial charge in [-0.05, 0) is 35.7 Å². The van der Waals surface area contributed by atoms with Crippen LogP contribution in [0.1, 0.15) is 12.0 Å². The molecule has 0 unspecified atom stereocenters. The van der Waals surface area contributed by atoms with Crippen molar-refractivity contribution in [3.8, 4) is 11.1 Å². The maximum Gasteiger partial charge on any atom is 0.224 e. The quantitative estimate of drug-likeness (QED) is 0.567. The second-order valence-electron chi connectivity index (χ2n) is 5.70. The van der Waals surface area contributed by atoms with Crippen LogP contribution in [0.4, 0.5) is 5.69 Å². The molecule has 0 aromatic heterocycles. The number of anilines is 1. The van der Waals surface area contributed by atoms with E-state index in [1.807, 2.05) is 60.7 Å². The maximum absolute atomic E-state index is 12.4. The molecule has 2 nitrogen and oxygen atoms in total. The summed E-state index contributed by atoms with van der Waals surface area (Å²) in [6.45, 7) is 0. The molecule has 0 spiro atoms. The fraction of sp³-hybridized carbons (Fsp3) is 0.0952. The lowest BCUT2D eigenvalue weighted by Gasteiger charge is -2.11. The first-order valence-corrected chi connectivity index (χ1v) is 8.77. The van der Waals surface area contributed by atoms with Crippen LogP contribution in [0.3, 0.4) is 0 Å². The van der Waals surface area contributed by atoms with E-state index in [0.717, 1.165) is 22.4 Å². The van der Waals surface area contributed by atoms with Crippen LogP contribution in [-0.2, 0) is 11.2 Å². The molecule has 126 valence electrons. The number of rotatable bonds is 5. The summed E-state index contributed by atoms with van der Waals surface area (Å²) in [5.41, 5.74) is 3.79. The molecule has 3 aromatic carbocycles. The summed E-state index contributed by atoms with van der Waals surface area (Å²) in [5, 5.41) is 4.18. The van der Waals surface area contributed by atoms with Gasteiger partial charge in [0.2, 0.25) is 5.91 Å². The first-order chi connectivity index (χ1) is 12.1. The molecule has 0 heterocycles. The predicted octanol–water partition coefficient (Wildman–Crippen LogP) is 6.23. The third-order valence-electron chi connectivity index (χ3n) is 3.92. The van der Waals surface area contributed by atoms with Crippen molar-refractivity contribution >= 4 is 34.8 Å². The van der Waals surface area contributed by atoms with Crippen LogP contribution in [0.5, 0.6) is 0 Å². The Hall–Kier alpha value is -2.29. The van der Waals surface area contributed by atoms with Crippen molar-refractivity contribution in [2.75, 3.05) is 5.32 Å². The molecule has 0 aliphatic rings. The summed E-state index contributed by atoms with van der Waals surface area (Å²) in [6.07, 6.45) is 0.916. The summed E-state index contributed by atoms with van der Waals surface area (Å²) in [5.74, 6) is -0.0469. The smallest absolute Gasteiger partial charge is 0.224 e. The Kier molecular flexibility index (Phi) is 5.75. The highest BCUT2D eigenvalue weighted by atomic mass is 35.5. The van der Waals surface area contributed by atoms with Gasteiger partial charge in [0.1, 0.15) is 0 Å². The number of hydrogen-bond acceptors (Lipinski definition) is 1. The van der Waals surface area contributed by atoms with Gasteiger partial charge in [0.05, 0.1) is 0 Å². The summed E-state index contributed by atoms with van der Waals surface area (Å²) in [6, 6.07) is 23.1. The third-order valence-corrected chi connectivity index (χ3v) is 4.51. The molecule has 0 bridgehead atoms. The molecule has 3 rings (SSSR count). The molecular formula is C21H17Cl2NO. The number of benzene rings is 3. The zero-order chi connectivity index (χ0) is 17.6. The Morgan fingerprint density at radius 1 is 0.880 bits per heavy atom. The Morgan fingerprint density at radius 2 is 1.60 bits per heavy atom. The van der Waals surface area contributed by atoms with Crippen LogP contribution < -0.4 is 5.32 Å². The second-order valence-corrected chi connectivity index (χ2v) is 6.54. The number of carbonyl (C=O) groups is 1. The van der Waals surface area contributed by atoms with Crippen LogP contribution in [0.15, 0.2) is 72.8 Å². The van der Waals surface area contributed by atoms with Gasteiger partial charge in [-0.15, -0.1) is 0 Å². The molecule has 0 radical (unpaired) electrons. The standard InChI is InChI=1S/C21H17Cl2NO/c22-17-12-10-16(19(23)14-17)11-13-21(25)24-20-9-5-4-8-18(20)15-6-2-1-3-7-15/h1-10,12,14H,11,13H2,(H,24,25). The molecule has 1 amide bonds. The molecule has 0 atom stereocenters. The third kappa shape index (κ3) is 4.62. The molecule has 1 N–H and O–H groups in total. The summed E-state index contributed by atoms with van der Waals surface area (Å²) in [4.78, 5) is 12.4. The van der Waals surface area contributed by atoms with Crippen LogP contribution in [0.2, 0.25) is 10.0 Å². The molecule has 0 aliphatic heterocycles. The largest absolute Gasteiger partial charge is 0.326 e. The van der Waals surface area contributed by atoms with Gasteiger partial charge in [-0.25, -0.2) is 0 Å². The van der Waals surface area contributed by atoms with Gasteiger partial charge in [-0.1, -0.05) is 77.8 Å². The average Bonchev–Trinajstić information content (AvgIpc) is 2.62. The minimum Gasteiger partial charge on any atom is -0.326 e. The van der Waals surface area contributed by atoms with E-state index in [4.69, 9.17) is 23.2 Å². The van der Waals surface area contributed by atoms with E-state index in [0.29, 0.717) is 22.9 Å². The maximum atomic E-state index is 12.4. The SMILES string of the molecule is O=C(CCc1ccc(Cl)cc1Cl)Nc1ccccc1-c1ccccc1. The van der Waals surface area contributed by atoms with Gasteiger partial charge in [0.25, 0.3) is 0 Å². The lowest BCUT2D eigenvalue weighted by Crippen LogP contribution is -2.13. The monoisotopic (exact) mass is 369 g/mol. The zero-order valence-electron chi connectivity index (χ0n) is 13.5. The fourth-order valence-corrected chi connectivity index (χ4v) is 3.15. The van der Waals surface area contributed by atoms with Crippen molar-refractivity contribution in [1.29, 1.82) is 0 Å². The molecule has 0 saturated heterocycles. The second kappa shape index (κ2) is 8.19. The molecule has 3 aromatic rings. The van der Waals surface area contributed by atoms with Gasteiger partial charge < -0.3 is 5.32 Å². The lowest BCUT2D eigenvalue weighted by molar-refractivity contribution is -0.116. The van der Waals surface area contributed by atoms with Gasteiger partial charge >= 0.3 is 0 Å². The predicted molar refractivity (Wildman–Crippen MR) is 105 cm³/mol. The molecule has 0 aliphatic carbocycles. The van der Waals surface area contributed by atoms with Gasteiger partial charge in [0, 0.05) is 27.7 Å². The number of nitrogens with one attached hydrogen (secondary N) is 1. The van der Waals surface area contributed by atoms with Crippen LogP contribution in [0.25, 0.3) is 11.1 Å². The minimum absolute atomic E-state index is 0.0469. The summed E-state index contributed by atoms with van der Waals surface area (Å²) >= 11 is 12.1. The van der Waals surface area contributed by atoms with E-state index in [1.54, 1.807) is 12.1 Å². The Labute approximate surface area is 157 Å². The summed E-state index contributed by atoms with van der Waals surface area (Å²) < 4.78 is 0. The van der Waals surface area contributed by atoms with Crippen molar-refractivity contribution in [3.63, 3.8) is 0 Å². The highest BCUT2D eigenvalue weighted by molar-refractivity contribution is 6.35. The number of aryl methyl sites for hydroxylation is 1. The number of para-hydroxylation sites is 1. The highest BCUT2D eigenvalue weighted by Gasteiger charge is 2.09. The number of halogens is 2. The first kappa shape index (κ1) is 17.5. The van der Waals surface area contributed by atoms with E-state index in [1.165, 1.54) is 0 Å². The van der Waals surface area contributed by atoms with E-state index in [2.05, 4.69) is 5.32 Å². The van der Waals surface area contributed by atoms with Crippen LogP contribution >= 0.6 is 23.2 Å². The van der Waals surface area contributed by atoms with Crippen LogP contribution in [-0.4, -0.2) is 5.91 Å². The van der Waals surface area contributed by atoms with E-state index >= 15 is 0 Å². The topological polar surface area (TPSA) is 29.1 Å². The zero-order valence-corrected chi connectivity index (χ0v) is 15.0. The number of carbonyl (C=O) groups excluding carboxylic acids is 1. The Morgan fingerprint density at radius 3 is 2.36 bits per heavy atom. The van der Waals surface area contributed by atoms with Gasteiger partial charge in [-0.2, -0.15) is 0 Å². The Bertz CT molecular complexity index is 878. The highest BCUT2D eigenvalue weighted by Crippen LogP contribution is 2.28. The molecule has 25 heavy (non-hydrogen) atoms. The van der Waals surface area contributed by atoms with Crippen molar-refractivity contribution in [3.05, 3.63) is 88.4 Å². The number of amides is 1. The van der Waals surface area contributed by atoms with E-state index in [-0.39, 0.29) is 5.91 Å². The summed E-state index contributed by atoms with van der Waals surface area (Å²) in [7, 11) is 0. The van der Waals surface area contributed by atoms with Crippen molar-refractivity contribution in [1.82, 2.24) is 0 Å². The van der Waals surface area contributed by atoms with Crippen molar-refractivity contribution in [2.24, 2.45) is 0 Å². The van der Waals surface area contributed by atoms with E-state index in [9.17, 15) is 4.79 Å². The average molecular weight is 370 g/mol. The molecule has 0 fully saturated rings. The molecule has 4 heteroatoms. The van der Waals surface area contributed by atoms with E-state index < -0.39 is 0 Å². The van der Waals surface area contributed by atoms with Crippen LogP contribution in [0, 0.1) is 0 Å². The normalized spacial score (nSPS) is 10.5. The number of hydrogen-bond donors (Lipinski definition) is 1. The minimum atomic E-state index is -0.0469. The van der Waals surface area contributed by atoms with Gasteiger partial charge in [0.15, 0.2) is 0 Å². The molecular weight excluding hydrogens is 353 g/mol.